The number of aromatic amines is 1. The summed E-state index contributed by atoms with van der Waals surface area (Å²) >= 11 is 0. The van der Waals surface area contributed by atoms with Crippen LogP contribution in [0.2, 0.25) is 0 Å². The van der Waals surface area contributed by atoms with Crippen molar-refractivity contribution >= 4 is 11.6 Å². The quantitative estimate of drug-likeness (QED) is 0.767. The van der Waals surface area contributed by atoms with Crippen molar-refractivity contribution in [2.45, 2.75) is 20.0 Å². The molecule has 5 heteroatoms. The standard InChI is InChI=1S/C13H15N3O2/c1-2-12-14-7-11(16-12)13(18)15-10-5-3-4-9(6-10)8-17/h3-7,17H,2,8H2,1H3,(H,14,16)(H,15,18). The summed E-state index contributed by atoms with van der Waals surface area (Å²) in [4.78, 5) is 18.9. The van der Waals surface area contributed by atoms with Gasteiger partial charge in [-0.05, 0) is 17.7 Å². The summed E-state index contributed by atoms with van der Waals surface area (Å²) in [6, 6.07) is 7.08. The number of aromatic nitrogens is 2. The van der Waals surface area contributed by atoms with E-state index in [4.69, 9.17) is 5.11 Å². The van der Waals surface area contributed by atoms with Crippen molar-refractivity contribution in [3.8, 4) is 0 Å². The third-order valence-corrected chi connectivity index (χ3v) is 2.58. The van der Waals surface area contributed by atoms with Gasteiger partial charge in [-0.15, -0.1) is 0 Å². The largest absolute Gasteiger partial charge is 0.392 e. The predicted octanol–water partition coefficient (Wildman–Crippen LogP) is 1.72. The fourth-order valence-corrected chi connectivity index (χ4v) is 1.60. The van der Waals surface area contributed by atoms with E-state index in [1.54, 1.807) is 24.3 Å². The zero-order valence-corrected chi connectivity index (χ0v) is 10.1. The fraction of sp³-hybridized carbons (Fsp3) is 0.231. The number of hydrogen-bond acceptors (Lipinski definition) is 3. The van der Waals surface area contributed by atoms with Gasteiger partial charge in [0.25, 0.3) is 5.91 Å². The first-order valence-electron chi connectivity index (χ1n) is 5.78. The number of anilines is 1. The molecule has 0 aliphatic rings. The number of amides is 1. The number of H-pyrrole nitrogens is 1. The number of benzene rings is 1. The second kappa shape index (κ2) is 5.46. The normalized spacial score (nSPS) is 10.3. The minimum atomic E-state index is -0.239. The smallest absolute Gasteiger partial charge is 0.273 e. The van der Waals surface area contributed by atoms with E-state index in [2.05, 4.69) is 15.3 Å². The molecule has 1 heterocycles. The predicted molar refractivity (Wildman–Crippen MR) is 68.3 cm³/mol. The van der Waals surface area contributed by atoms with Crippen molar-refractivity contribution in [1.82, 2.24) is 9.97 Å². The van der Waals surface area contributed by atoms with E-state index >= 15 is 0 Å². The molecule has 3 N–H and O–H groups in total. The average Bonchev–Trinajstić information content (AvgIpc) is 2.88. The molecule has 0 spiro atoms. The van der Waals surface area contributed by atoms with Gasteiger partial charge in [-0.25, -0.2) is 4.98 Å². The molecule has 18 heavy (non-hydrogen) atoms. The molecule has 0 atom stereocenters. The van der Waals surface area contributed by atoms with Gasteiger partial charge >= 0.3 is 0 Å². The molecule has 0 radical (unpaired) electrons. The summed E-state index contributed by atoms with van der Waals surface area (Å²) in [5.41, 5.74) is 1.84. The summed E-state index contributed by atoms with van der Waals surface area (Å²) in [5.74, 6) is 0.543. The summed E-state index contributed by atoms with van der Waals surface area (Å²) in [7, 11) is 0. The highest BCUT2D eigenvalue weighted by atomic mass is 16.3. The zero-order valence-electron chi connectivity index (χ0n) is 10.1. The fourth-order valence-electron chi connectivity index (χ4n) is 1.60. The number of nitrogens with one attached hydrogen (secondary N) is 2. The van der Waals surface area contributed by atoms with Crippen LogP contribution < -0.4 is 5.32 Å². The maximum atomic E-state index is 11.9. The second-order valence-electron chi connectivity index (χ2n) is 3.91. The highest BCUT2D eigenvalue weighted by Crippen LogP contribution is 2.12. The Morgan fingerprint density at radius 3 is 3.00 bits per heavy atom. The van der Waals surface area contributed by atoms with Gasteiger partial charge < -0.3 is 15.4 Å². The van der Waals surface area contributed by atoms with Gasteiger partial charge in [-0.2, -0.15) is 0 Å². The Balaban J connectivity index is 2.10. The Kier molecular flexibility index (Phi) is 3.74. The highest BCUT2D eigenvalue weighted by molar-refractivity contribution is 6.02. The number of aliphatic hydroxyl groups excluding tert-OH is 1. The highest BCUT2D eigenvalue weighted by Gasteiger charge is 2.09. The number of hydrogen-bond donors (Lipinski definition) is 3. The molecule has 2 aromatic rings. The first kappa shape index (κ1) is 12.3. The van der Waals surface area contributed by atoms with E-state index in [0.29, 0.717) is 11.4 Å². The molecule has 0 saturated heterocycles. The minimum Gasteiger partial charge on any atom is -0.392 e. The number of rotatable bonds is 4. The topological polar surface area (TPSA) is 78.0 Å². The van der Waals surface area contributed by atoms with Gasteiger partial charge in [0.15, 0.2) is 0 Å². The van der Waals surface area contributed by atoms with Crippen LogP contribution in [0.1, 0.15) is 28.8 Å². The van der Waals surface area contributed by atoms with Gasteiger partial charge in [0.05, 0.1) is 12.8 Å². The summed E-state index contributed by atoms with van der Waals surface area (Å²) in [6.07, 6.45) is 2.28. The molecular weight excluding hydrogens is 230 g/mol. The van der Waals surface area contributed by atoms with E-state index < -0.39 is 0 Å². The molecule has 0 unspecified atom stereocenters. The van der Waals surface area contributed by atoms with Crippen LogP contribution in [0, 0.1) is 0 Å². The molecule has 94 valence electrons. The van der Waals surface area contributed by atoms with Crippen molar-refractivity contribution in [3.63, 3.8) is 0 Å². The second-order valence-corrected chi connectivity index (χ2v) is 3.91. The molecule has 1 aromatic carbocycles. The van der Waals surface area contributed by atoms with Crippen molar-refractivity contribution in [2.75, 3.05) is 5.32 Å². The lowest BCUT2D eigenvalue weighted by Crippen LogP contribution is -2.12. The van der Waals surface area contributed by atoms with Gasteiger partial charge in [-0.1, -0.05) is 19.1 Å². The van der Waals surface area contributed by atoms with Crippen molar-refractivity contribution < 1.29 is 9.90 Å². The number of aliphatic hydroxyl groups is 1. The third kappa shape index (κ3) is 2.75. The molecule has 0 fully saturated rings. The Morgan fingerprint density at radius 1 is 1.50 bits per heavy atom. The van der Waals surface area contributed by atoms with Crippen molar-refractivity contribution in [3.05, 3.63) is 47.5 Å². The van der Waals surface area contributed by atoms with Crippen LogP contribution in [0.25, 0.3) is 0 Å². The molecule has 1 amide bonds. The van der Waals surface area contributed by atoms with Gasteiger partial charge in [0.1, 0.15) is 11.5 Å². The molecule has 5 nitrogen and oxygen atoms in total. The minimum absolute atomic E-state index is 0.0479. The number of carbonyl (C=O) groups is 1. The van der Waals surface area contributed by atoms with E-state index in [9.17, 15) is 4.79 Å². The lowest BCUT2D eigenvalue weighted by Gasteiger charge is -2.04. The van der Waals surface area contributed by atoms with E-state index in [1.165, 1.54) is 6.20 Å². The van der Waals surface area contributed by atoms with Crippen LogP contribution in [0.4, 0.5) is 5.69 Å². The number of imidazole rings is 1. The number of aryl methyl sites for hydroxylation is 1. The summed E-state index contributed by atoms with van der Waals surface area (Å²) < 4.78 is 0. The Bertz CT molecular complexity index is 549. The average molecular weight is 245 g/mol. The van der Waals surface area contributed by atoms with Crippen LogP contribution in [0.5, 0.6) is 0 Å². The molecule has 1 aromatic heterocycles. The lowest BCUT2D eigenvalue weighted by atomic mass is 10.2. The molecule has 0 bridgehead atoms. The summed E-state index contributed by atoms with van der Waals surface area (Å²) in [5, 5.41) is 11.8. The number of carbonyl (C=O) groups excluding carboxylic acids is 1. The molecule has 0 aliphatic heterocycles. The Morgan fingerprint density at radius 2 is 2.33 bits per heavy atom. The maximum Gasteiger partial charge on any atom is 0.273 e. The monoisotopic (exact) mass is 245 g/mol. The van der Waals surface area contributed by atoms with Crippen LogP contribution in [0.3, 0.4) is 0 Å². The Hall–Kier alpha value is -2.14. The molecular formula is C13H15N3O2. The number of nitrogens with zero attached hydrogens (tertiary/aromatic N) is 1. The van der Waals surface area contributed by atoms with Crippen molar-refractivity contribution in [1.29, 1.82) is 0 Å². The van der Waals surface area contributed by atoms with E-state index in [0.717, 1.165) is 17.8 Å². The SMILES string of the molecule is CCc1ncc(C(=O)Nc2cccc(CO)c2)[nH]1. The van der Waals surface area contributed by atoms with Crippen LogP contribution in [0.15, 0.2) is 30.5 Å². The van der Waals surface area contributed by atoms with Crippen LogP contribution in [-0.4, -0.2) is 21.0 Å². The van der Waals surface area contributed by atoms with Gasteiger partial charge in [0, 0.05) is 12.1 Å². The molecule has 2 rings (SSSR count). The summed E-state index contributed by atoms with van der Waals surface area (Å²) in [6.45, 7) is 1.92. The maximum absolute atomic E-state index is 11.9. The van der Waals surface area contributed by atoms with E-state index in [1.807, 2.05) is 6.92 Å². The molecule has 0 saturated carbocycles. The van der Waals surface area contributed by atoms with Crippen LogP contribution in [-0.2, 0) is 13.0 Å². The Labute approximate surface area is 105 Å². The molecule has 0 aliphatic carbocycles. The van der Waals surface area contributed by atoms with Gasteiger partial charge in [-0.3, -0.25) is 4.79 Å². The first-order chi connectivity index (χ1) is 8.72. The third-order valence-electron chi connectivity index (χ3n) is 2.58. The van der Waals surface area contributed by atoms with E-state index in [-0.39, 0.29) is 12.5 Å². The first-order valence-corrected chi connectivity index (χ1v) is 5.78. The lowest BCUT2D eigenvalue weighted by molar-refractivity contribution is 0.102. The van der Waals surface area contributed by atoms with Crippen molar-refractivity contribution in [2.24, 2.45) is 0 Å². The van der Waals surface area contributed by atoms with Gasteiger partial charge in [0.2, 0.25) is 0 Å². The zero-order chi connectivity index (χ0) is 13.0. The van der Waals surface area contributed by atoms with Crippen LogP contribution >= 0.6 is 0 Å².